The Labute approximate surface area is 265 Å². The van der Waals surface area contributed by atoms with Crippen molar-refractivity contribution in [3.63, 3.8) is 0 Å². The molecule has 0 unspecified atom stereocenters. The second kappa shape index (κ2) is 14.1. The number of rotatable bonds is 12. The van der Waals surface area contributed by atoms with Crippen LogP contribution in [-0.4, -0.2) is 92.1 Å². The van der Waals surface area contributed by atoms with Crippen LogP contribution in [0, 0.1) is 6.92 Å². The van der Waals surface area contributed by atoms with Gasteiger partial charge in [0, 0.05) is 51.0 Å². The van der Waals surface area contributed by atoms with Crippen LogP contribution in [0.15, 0.2) is 54.6 Å². The summed E-state index contributed by atoms with van der Waals surface area (Å²) in [5, 5.41) is 7.57. The van der Waals surface area contributed by atoms with E-state index in [1.54, 1.807) is 14.1 Å². The Morgan fingerprint density at radius 1 is 1.00 bits per heavy atom. The third-order valence-corrected chi connectivity index (χ3v) is 12.0. The van der Waals surface area contributed by atoms with Gasteiger partial charge in [0.25, 0.3) is 16.1 Å². The van der Waals surface area contributed by atoms with Gasteiger partial charge < -0.3 is 15.5 Å². The smallest absolute Gasteiger partial charge is 0.281 e. The largest absolute Gasteiger partial charge is 0.351 e. The summed E-state index contributed by atoms with van der Waals surface area (Å²) in [6, 6.07) is 18.2. The van der Waals surface area contributed by atoms with Gasteiger partial charge in [-0.15, -0.1) is 11.3 Å². The third kappa shape index (κ3) is 7.69. The Bertz CT molecular complexity index is 1540. The molecule has 1 aliphatic heterocycles. The molecule has 0 radical (unpaired) electrons. The number of nitrogens with one attached hydrogen (secondary N) is 2. The fraction of sp³-hybridized carbons (Fsp3) is 0.515. The summed E-state index contributed by atoms with van der Waals surface area (Å²) in [6.07, 6.45) is 5.44. The maximum Gasteiger partial charge on any atom is 0.281 e. The Balaban J connectivity index is 1.22. The van der Waals surface area contributed by atoms with Crippen molar-refractivity contribution in [2.75, 3.05) is 46.8 Å². The zero-order valence-electron chi connectivity index (χ0n) is 26.0. The number of thiophene rings is 1. The quantitative estimate of drug-likeness (QED) is 0.310. The molecule has 1 aromatic heterocycles. The molecule has 3 aromatic rings. The highest BCUT2D eigenvalue weighted by atomic mass is 32.2. The standard InChI is InChI=1S/C33H45N5O4S2/c1-25-13-14-27-24-30(43-29(27)22-25)31(39)35-33(15-7-8-16-33)32(40)34-28(23-26-10-5-4-6-11-26)12-9-17-37-18-20-38(21-19-37)44(41,42)36(2)3/h4-6,10-11,13-14,22,24,28H,7-9,12,15-21,23H2,1-3H3,(H,34,40)(H,35,39)/t28-/m0/s1. The molecule has 2 aliphatic rings. The van der Waals surface area contributed by atoms with Crippen molar-refractivity contribution >= 4 is 43.4 Å². The van der Waals surface area contributed by atoms with Gasteiger partial charge in [-0.3, -0.25) is 9.59 Å². The van der Waals surface area contributed by atoms with Crippen molar-refractivity contribution in [1.82, 2.24) is 24.1 Å². The van der Waals surface area contributed by atoms with Gasteiger partial charge in [0.05, 0.1) is 4.88 Å². The fourth-order valence-electron chi connectivity index (χ4n) is 6.34. The monoisotopic (exact) mass is 639 g/mol. The molecule has 238 valence electrons. The molecule has 2 fully saturated rings. The molecular formula is C33H45N5O4S2. The van der Waals surface area contributed by atoms with Crippen LogP contribution in [0.5, 0.6) is 0 Å². The first-order valence-electron chi connectivity index (χ1n) is 15.6. The Morgan fingerprint density at radius 3 is 2.39 bits per heavy atom. The van der Waals surface area contributed by atoms with Crippen LogP contribution in [0.3, 0.4) is 0 Å². The molecule has 5 rings (SSSR count). The number of benzene rings is 2. The molecule has 0 spiro atoms. The molecule has 1 aliphatic carbocycles. The number of hydrogen-bond acceptors (Lipinski definition) is 6. The van der Waals surface area contributed by atoms with E-state index < -0.39 is 15.7 Å². The third-order valence-electron chi connectivity index (χ3n) is 8.95. The summed E-state index contributed by atoms with van der Waals surface area (Å²) in [5.41, 5.74) is 1.40. The van der Waals surface area contributed by atoms with Gasteiger partial charge in [-0.05, 0) is 74.2 Å². The zero-order chi connectivity index (χ0) is 31.3. The van der Waals surface area contributed by atoms with Gasteiger partial charge in [-0.1, -0.05) is 55.3 Å². The topological polar surface area (TPSA) is 102 Å². The molecule has 1 saturated heterocycles. The number of fused-ring (bicyclic) bond motifs is 1. The van der Waals surface area contributed by atoms with Crippen molar-refractivity contribution in [3.8, 4) is 0 Å². The summed E-state index contributed by atoms with van der Waals surface area (Å²) in [4.78, 5) is 30.4. The fourth-order valence-corrected chi connectivity index (χ4v) is 8.48. The molecule has 2 N–H and O–H groups in total. The number of hydrogen-bond donors (Lipinski definition) is 2. The van der Waals surface area contributed by atoms with Crippen LogP contribution in [0.2, 0.25) is 0 Å². The Morgan fingerprint density at radius 2 is 1.70 bits per heavy atom. The van der Waals surface area contributed by atoms with Gasteiger partial charge in [0.15, 0.2) is 0 Å². The zero-order valence-corrected chi connectivity index (χ0v) is 27.7. The minimum absolute atomic E-state index is 0.0815. The minimum atomic E-state index is -3.39. The van der Waals surface area contributed by atoms with E-state index in [1.807, 2.05) is 43.3 Å². The first-order valence-corrected chi connectivity index (χ1v) is 17.8. The first kappa shape index (κ1) is 32.6. The van der Waals surface area contributed by atoms with E-state index in [1.165, 1.54) is 19.9 Å². The lowest BCUT2D eigenvalue weighted by Gasteiger charge is -2.35. The van der Waals surface area contributed by atoms with Crippen molar-refractivity contribution < 1.29 is 18.0 Å². The van der Waals surface area contributed by atoms with Gasteiger partial charge in [0.2, 0.25) is 5.91 Å². The van der Waals surface area contributed by atoms with E-state index in [0.29, 0.717) is 50.3 Å². The van der Waals surface area contributed by atoms with Crippen LogP contribution in [-0.2, 0) is 21.4 Å². The molecule has 2 aromatic carbocycles. The molecule has 2 heterocycles. The highest BCUT2D eigenvalue weighted by molar-refractivity contribution is 7.86. The second-order valence-corrected chi connectivity index (χ2v) is 15.7. The average Bonchev–Trinajstić information content (AvgIpc) is 3.65. The van der Waals surface area contributed by atoms with Crippen molar-refractivity contribution in [1.29, 1.82) is 0 Å². The van der Waals surface area contributed by atoms with Gasteiger partial charge in [-0.25, -0.2) is 0 Å². The molecule has 1 atom stereocenters. The number of carbonyl (C=O) groups excluding carboxylic acids is 2. The van der Waals surface area contributed by atoms with Gasteiger partial charge in [0.1, 0.15) is 5.54 Å². The van der Waals surface area contributed by atoms with E-state index in [-0.39, 0.29) is 17.9 Å². The van der Waals surface area contributed by atoms with E-state index in [2.05, 4.69) is 33.7 Å². The second-order valence-electron chi connectivity index (χ2n) is 12.4. The highest BCUT2D eigenvalue weighted by Gasteiger charge is 2.43. The lowest BCUT2D eigenvalue weighted by Crippen LogP contribution is -2.59. The van der Waals surface area contributed by atoms with Crippen molar-refractivity contribution in [3.05, 3.63) is 70.6 Å². The van der Waals surface area contributed by atoms with Crippen LogP contribution in [0.25, 0.3) is 10.1 Å². The van der Waals surface area contributed by atoms with Gasteiger partial charge >= 0.3 is 0 Å². The highest BCUT2D eigenvalue weighted by Crippen LogP contribution is 2.32. The number of carbonyl (C=O) groups is 2. The maximum atomic E-state index is 14.0. The minimum Gasteiger partial charge on any atom is -0.351 e. The summed E-state index contributed by atoms with van der Waals surface area (Å²) in [6.45, 7) is 5.22. The average molecular weight is 640 g/mol. The predicted molar refractivity (Wildman–Crippen MR) is 177 cm³/mol. The predicted octanol–water partition coefficient (Wildman–Crippen LogP) is 4.18. The number of aryl methyl sites for hydroxylation is 1. The summed E-state index contributed by atoms with van der Waals surface area (Å²) >= 11 is 1.47. The van der Waals surface area contributed by atoms with Gasteiger partial charge in [-0.2, -0.15) is 17.0 Å². The molecule has 11 heteroatoms. The van der Waals surface area contributed by atoms with Crippen LogP contribution in [0.4, 0.5) is 0 Å². The molecule has 44 heavy (non-hydrogen) atoms. The normalized spacial score (nSPS) is 18.5. The maximum absolute atomic E-state index is 14.0. The lowest BCUT2D eigenvalue weighted by molar-refractivity contribution is -0.128. The summed E-state index contributed by atoms with van der Waals surface area (Å²) in [5.74, 6) is -0.278. The van der Waals surface area contributed by atoms with Crippen LogP contribution in [0.1, 0.15) is 59.3 Å². The summed E-state index contributed by atoms with van der Waals surface area (Å²) < 4.78 is 28.8. The molecule has 9 nitrogen and oxygen atoms in total. The van der Waals surface area contributed by atoms with E-state index in [0.717, 1.165) is 53.4 Å². The van der Waals surface area contributed by atoms with E-state index in [9.17, 15) is 18.0 Å². The summed E-state index contributed by atoms with van der Waals surface area (Å²) in [7, 11) is -0.263. The molecule has 2 amide bonds. The van der Waals surface area contributed by atoms with Crippen molar-refractivity contribution in [2.45, 2.75) is 63.5 Å². The van der Waals surface area contributed by atoms with Crippen LogP contribution < -0.4 is 10.6 Å². The molecule has 0 bridgehead atoms. The molecule has 1 saturated carbocycles. The Kier molecular flexibility index (Phi) is 10.4. The Hall–Kier alpha value is -2.83. The van der Waals surface area contributed by atoms with E-state index in [4.69, 9.17) is 0 Å². The number of nitrogens with zero attached hydrogens (tertiary/aromatic N) is 3. The van der Waals surface area contributed by atoms with Crippen molar-refractivity contribution in [2.24, 2.45) is 0 Å². The lowest BCUT2D eigenvalue weighted by atomic mass is 9.94. The SMILES string of the molecule is Cc1ccc2cc(C(=O)NC3(C(=O)N[C@@H](CCCN4CCN(S(=O)(=O)N(C)C)CC4)Cc4ccccc4)CCCC3)sc2c1. The van der Waals surface area contributed by atoms with Crippen LogP contribution >= 0.6 is 11.3 Å². The first-order chi connectivity index (χ1) is 21.1. The number of amides is 2. The number of piperazine rings is 1. The molecular weight excluding hydrogens is 595 g/mol. The van der Waals surface area contributed by atoms with E-state index >= 15 is 0 Å².